The molecule has 0 aromatic heterocycles. The van der Waals surface area contributed by atoms with E-state index in [-0.39, 0.29) is 17.5 Å². The first-order valence-corrected chi connectivity index (χ1v) is 10.8. The van der Waals surface area contributed by atoms with E-state index in [9.17, 15) is 4.79 Å². The van der Waals surface area contributed by atoms with Crippen LogP contribution in [-0.2, 0) is 4.74 Å². The van der Waals surface area contributed by atoms with E-state index in [0.717, 1.165) is 12.3 Å². The largest absolute Gasteiger partial charge is 0.458 e. The standard InChI is InChI=1S/C25H30O2/c1-25-16-15-20-19-10-6-5-7-17(19)11-12-21(20)22(25)13-14-23(25)27-24(26)18-8-3-2-4-9-18/h2-4,7-9,21-23H,5-6,10-16H2,1H3/t21-,22+,23+,25+/m1/s1. The van der Waals surface area contributed by atoms with E-state index in [0.29, 0.717) is 11.5 Å². The Bertz CT molecular complexity index is 803. The number of hydrogen-bond donors (Lipinski definition) is 0. The van der Waals surface area contributed by atoms with Crippen LogP contribution in [-0.4, -0.2) is 12.1 Å². The van der Waals surface area contributed by atoms with Crippen molar-refractivity contribution >= 4 is 5.97 Å². The average Bonchev–Trinajstić information content (AvgIpc) is 3.05. The number of esters is 1. The van der Waals surface area contributed by atoms with E-state index >= 15 is 0 Å². The van der Waals surface area contributed by atoms with Gasteiger partial charge in [-0.1, -0.05) is 36.8 Å². The smallest absolute Gasteiger partial charge is 0.338 e. The van der Waals surface area contributed by atoms with E-state index in [1.807, 2.05) is 30.3 Å². The second kappa shape index (κ2) is 6.65. The maximum Gasteiger partial charge on any atom is 0.338 e. The molecule has 0 radical (unpaired) electrons. The lowest BCUT2D eigenvalue weighted by Crippen LogP contribution is -2.43. The number of fused-ring (bicyclic) bond motifs is 4. The zero-order chi connectivity index (χ0) is 18.4. The van der Waals surface area contributed by atoms with Crippen LogP contribution < -0.4 is 0 Å². The average molecular weight is 363 g/mol. The van der Waals surface area contributed by atoms with Crippen molar-refractivity contribution in [2.75, 3.05) is 0 Å². The third kappa shape index (κ3) is 2.80. The van der Waals surface area contributed by atoms with Crippen LogP contribution in [0.1, 0.15) is 75.1 Å². The van der Waals surface area contributed by atoms with Crippen LogP contribution in [0.3, 0.4) is 0 Å². The second-order valence-corrected chi connectivity index (χ2v) is 9.22. The molecule has 5 rings (SSSR count). The zero-order valence-corrected chi connectivity index (χ0v) is 16.4. The molecular weight excluding hydrogens is 332 g/mol. The minimum absolute atomic E-state index is 0.0741. The van der Waals surface area contributed by atoms with E-state index in [4.69, 9.17) is 4.74 Å². The van der Waals surface area contributed by atoms with E-state index in [2.05, 4.69) is 13.0 Å². The van der Waals surface area contributed by atoms with Crippen LogP contribution in [0.25, 0.3) is 0 Å². The van der Waals surface area contributed by atoms with Crippen molar-refractivity contribution in [3.63, 3.8) is 0 Å². The van der Waals surface area contributed by atoms with E-state index < -0.39 is 0 Å². The van der Waals surface area contributed by atoms with Gasteiger partial charge in [0.2, 0.25) is 0 Å². The van der Waals surface area contributed by atoms with Gasteiger partial charge in [0.15, 0.2) is 0 Å². The molecule has 27 heavy (non-hydrogen) atoms. The van der Waals surface area contributed by atoms with Crippen molar-refractivity contribution in [1.29, 1.82) is 0 Å². The van der Waals surface area contributed by atoms with Crippen LogP contribution in [0, 0.1) is 17.3 Å². The first-order chi connectivity index (χ1) is 13.2. The van der Waals surface area contributed by atoms with Crippen LogP contribution in [0.4, 0.5) is 0 Å². The predicted molar refractivity (Wildman–Crippen MR) is 107 cm³/mol. The predicted octanol–water partition coefficient (Wildman–Crippen LogP) is 6.24. The Morgan fingerprint density at radius 3 is 2.78 bits per heavy atom. The fourth-order valence-corrected chi connectivity index (χ4v) is 6.55. The summed E-state index contributed by atoms with van der Waals surface area (Å²) in [5.41, 5.74) is 6.00. The Hall–Kier alpha value is -1.83. The van der Waals surface area contributed by atoms with Crippen LogP contribution in [0.15, 0.2) is 53.1 Å². The van der Waals surface area contributed by atoms with E-state index in [1.54, 1.807) is 16.7 Å². The monoisotopic (exact) mass is 362 g/mol. The summed E-state index contributed by atoms with van der Waals surface area (Å²) in [7, 11) is 0. The van der Waals surface area contributed by atoms with Gasteiger partial charge in [0.05, 0.1) is 5.56 Å². The number of carbonyl (C=O) groups excluding carboxylic acids is 1. The fraction of sp³-hybridized carbons (Fsp3) is 0.560. The number of hydrogen-bond acceptors (Lipinski definition) is 2. The Morgan fingerprint density at radius 1 is 1.07 bits per heavy atom. The molecule has 1 aromatic rings. The molecule has 1 aromatic carbocycles. The number of carbonyl (C=O) groups is 1. The summed E-state index contributed by atoms with van der Waals surface area (Å²) in [6, 6.07) is 9.48. The molecule has 142 valence electrons. The maximum atomic E-state index is 12.6. The van der Waals surface area contributed by atoms with Crippen molar-refractivity contribution in [2.45, 2.75) is 70.8 Å². The van der Waals surface area contributed by atoms with Gasteiger partial charge in [0, 0.05) is 5.41 Å². The molecule has 4 aliphatic rings. The molecule has 0 saturated heterocycles. The normalized spacial score (nSPS) is 35.0. The Labute approximate surface area is 162 Å². The molecule has 0 aliphatic heterocycles. The van der Waals surface area contributed by atoms with Crippen LogP contribution in [0.2, 0.25) is 0 Å². The molecule has 2 saturated carbocycles. The third-order valence-electron chi connectivity index (χ3n) is 7.97. The molecule has 2 heteroatoms. The lowest BCUT2D eigenvalue weighted by molar-refractivity contribution is -0.0277. The third-order valence-corrected chi connectivity index (χ3v) is 7.97. The lowest BCUT2D eigenvalue weighted by atomic mass is 9.57. The van der Waals surface area contributed by atoms with Crippen molar-refractivity contribution in [3.8, 4) is 0 Å². The molecule has 4 atom stereocenters. The summed E-state index contributed by atoms with van der Waals surface area (Å²) in [6.45, 7) is 2.40. The summed E-state index contributed by atoms with van der Waals surface area (Å²) < 4.78 is 6.09. The molecule has 2 nitrogen and oxygen atoms in total. The summed E-state index contributed by atoms with van der Waals surface area (Å²) in [6.07, 6.45) is 13.7. The first kappa shape index (κ1) is 17.3. The van der Waals surface area contributed by atoms with Crippen molar-refractivity contribution in [3.05, 3.63) is 58.7 Å². The molecule has 0 amide bonds. The van der Waals surface area contributed by atoms with Gasteiger partial charge in [-0.15, -0.1) is 0 Å². The Balaban J connectivity index is 1.38. The molecule has 0 bridgehead atoms. The highest BCUT2D eigenvalue weighted by molar-refractivity contribution is 5.89. The minimum Gasteiger partial charge on any atom is -0.458 e. The van der Waals surface area contributed by atoms with Crippen LogP contribution in [0.5, 0.6) is 0 Å². The van der Waals surface area contributed by atoms with Gasteiger partial charge in [-0.2, -0.15) is 0 Å². The SMILES string of the molecule is C[C@]12CCC3=C4CCCC=C4CC[C@H]3[C@@H]1CC[C@@H]2OC(=O)c1ccccc1. The van der Waals surface area contributed by atoms with Gasteiger partial charge < -0.3 is 4.74 Å². The molecule has 0 unspecified atom stereocenters. The van der Waals surface area contributed by atoms with Gasteiger partial charge in [0.1, 0.15) is 6.10 Å². The Morgan fingerprint density at radius 2 is 1.93 bits per heavy atom. The number of ether oxygens (including phenoxy) is 1. The zero-order valence-electron chi connectivity index (χ0n) is 16.4. The fourth-order valence-electron chi connectivity index (χ4n) is 6.55. The molecule has 0 heterocycles. The Kier molecular flexibility index (Phi) is 4.26. The minimum atomic E-state index is -0.146. The highest BCUT2D eigenvalue weighted by atomic mass is 16.5. The summed E-state index contributed by atoms with van der Waals surface area (Å²) in [4.78, 5) is 12.6. The maximum absolute atomic E-state index is 12.6. The topological polar surface area (TPSA) is 26.3 Å². The van der Waals surface area contributed by atoms with Crippen LogP contribution >= 0.6 is 0 Å². The lowest BCUT2D eigenvalue weighted by Gasteiger charge is -2.48. The molecule has 2 fully saturated rings. The van der Waals surface area contributed by atoms with Gasteiger partial charge in [-0.25, -0.2) is 4.79 Å². The van der Waals surface area contributed by atoms with Gasteiger partial charge in [-0.05, 0) is 92.9 Å². The number of benzene rings is 1. The molecular formula is C25H30O2. The van der Waals surface area contributed by atoms with Crippen molar-refractivity contribution < 1.29 is 9.53 Å². The number of rotatable bonds is 2. The molecule has 0 N–H and O–H groups in total. The molecule has 0 spiro atoms. The summed E-state index contributed by atoms with van der Waals surface area (Å²) in [5, 5.41) is 0. The van der Waals surface area contributed by atoms with Gasteiger partial charge in [0.25, 0.3) is 0 Å². The highest BCUT2D eigenvalue weighted by Gasteiger charge is 2.55. The summed E-state index contributed by atoms with van der Waals surface area (Å²) in [5.74, 6) is 1.27. The van der Waals surface area contributed by atoms with Crippen molar-refractivity contribution in [2.24, 2.45) is 17.3 Å². The number of allylic oxidation sites excluding steroid dienone is 4. The highest BCUT2D eigenvalue weighted by Crippen LogP contribution is 2.60. The first-order valence-electron chi connectivity index (χ1n) is 10.8. The molecule has 4 aliphatic carbocycles. The van der Waals surface area contributed by atoms with Gasteiger partial charge in [-0.3, -0.25) is 0 Å². The van der Waals surface area contributed by atoms with Crippen molar-refractivity contribution in [1.82, 2.24) is 0 Å². The second-order valence-electron chi connectivity index (χ2n) is 9.22. The quantitative estimate of drug-likeness (QED) is 0.582. The van der Waals surface area contributed by atoms with Gasteiger partial charge >= 0.3 is 5.97 Å². The van der Waals surface area contributed by atoms with E-state index in [1.165, 1.54) is 51.4 Å². The summed E-state index contributed by atoms with van der Waals surface area (Å²) >= 11 is 0.